The number of nitrogens with one attached hydrogen (secondary N) is 3. The van der Waals surface area contributed by atoms with Gasteiger partial charge in [-0.25, -0.2) is 0 Å². The highest BCUT2D eigenvalue weighted by Crippen LogP contribution is 2.19. The fraction of sp³-hybridized carbons (Fsp3) is 0.545. The molecule has 156 valence electrons. The summed E-state index contributed by atoms with van der Waals surface area (Å²) in [5.74, 6) is 1.13. The van der Waals surface area contributed by atoms with Crippen molar-refractivity contribution in [2.75, 3.05) is 46.3 Å². The van der Waals surface area contributed by atoms with Gasteiger partial charge in [-0.15, -0.1) is 0 Å². The number of aliphatic imine (C=N–C) groups is 1. The van der Waals surface area contributed by atoms with Crippen molar-refractivity contribution in [3.8, 4) is 0 Å². The topological polar surface area (TPSA) is 75.8 Å². The Morgan fingerprint density at radius 1 is 1.21 bits per heavy atom. The number of fused-ring (bicyclic) bond motifs is 1. The van der Waals surface area contributed by atoms with Gasteiger partial charge in [-0.2, -0.15) is 0 Å². The molecule has 1 saturated carbocycles. The SMILES string of the molecule is CN=C(NCCCc1c[nH]c2ccccc12)N1CCN(CC(=O)NC2CC2)CC1. The summed E-state index contributed by atoms with van der Waals surface area (Å²) >= 11 is 0. The predicted molar refractivity (Wildman–Crippen MR) is 117 cm³/mol. The second-order valence-electron chi connectivity index (χ2n) is 8.04. The van der Waals surface area contributed by atoms with Gasteiger partial charge in [-0.1, -0.05) is 18.2 Å². The van der Waals surface area contributed by atoms with Gasteiger partial charge in [-0.05, 0) is 37.3 Å². The highest BCUT2D eigenvalue weighted by molar-refractivity contribution is 5.83. The second kappa shape index (κ2) is 9.31. The largest absolute Gasteiger partial charge is 0.361 e. The number of hydrogen-bond donors (Lipinski definition) is 3. The number of H-pyrrole nitrogens is 1. The normalized spacial score (nSPS) is 18.2. The molecule has 7 heteroatoms. The van der Waals surface area contributed by atoms with Crippen LogP contribution in [-0.4, -0.2) is 79.0 Å². The Morgan fingerprint density at radius 2 is 2.00 bits per heavy atom. The maximum atomic E-state index is 12.0. The predicted octanol–water partition coefficient (Wildman–Crippen LogP) is 1.57. The molecule has 0 radical (unpaired) electrons. The Bertz CT molecular complexity index is 848. The van der Waals surface area contributed by atoms with Crippen LogP contribution in [0.4, 0.5) is 0 Å². The zero-order chi connectivity index (χ0) is 20.1. The molecule has 1 aliphatic carbocycles. The smallest absolute Gasteiger partial charge is 0.234 e. The number of hydrogen-bond acceptors (Lipinski definition) is 3. The van der Waals surface area contributed by atoms with Crippen molar-refractivity contribution in [3.05, 3.63) is 36.0 Å². The average Bonchev–Trinajstić information content (AvgIpc) is 3.46. The van der Waals surface area contributed by atoms with E-state index in [1.807, 2.05) is 7.05 Å². The lowest BCUT2D eigenvalue weighted by Gasteiger charge is -2.36. The van der Waals surface area contributed by atoms with Crippen LogP contribution >= 0.6 is 0 Å². The van der Waals surface area contributed by atoms with Crippen molar-refractivity contribution >= 4 is 22.8 Å². The van der Waals surface area contributed by atoms with Crippen LogP contribution in [0.1, 0.15) is 24.8 Å². The lowest BCUT2D eigenvalue weighted by Crippen LogP contribution is -2.54. The van der Waals surface area contributed by atoms with E-state index >= 15 is 0 Å². The Kier molecular flexibility index (Phi) is 6.34. The third-order valence-electron chi connectivity index (χ3n) is 5.77. The monoisotopic (exact) mass is 396 g/mol. The summed E-state index contributed by atoms with van der Waals surface area (Å²) in [5.41, 5.74) is 2.57. The number of para-hydroxylation sites is 1. The number of rotatable bonds is 7. The second-order valence-corrected chi connectivity index (χ2v) is 8.04. The molecule has 1 aromatic heterocycles. The Labute approximate surface area is 172 Å². The van der Waals surface area contributed by atoms with Crippen molar-refractivity contribution < 1.29 is 4.79 Å². The zero-order valence-corrected chi connectivity index (χ0v) is 17.3. The van der Waals surface area contributed by atoms with Crippen molar-refractivity contribution in [2.45, 2.75) is 31.7 Å². The molecule has 4 rings (SSSR count). The highest BCUT2D eigenvalue weighted by Gasteiger charge is 2.25. The van der Waals surface area contributed by atoms with Gasteiger partial charge in [0.25, 0.3) is 0 Å². The van der Waals surface area contributed by atoms with E-state index in [4.69, 9.17) is 0 Å². The Hall–Kier alpha value is -2.54. The minimum Gasteiger partial charge on any atom is -0.361 e. The van der Waals surface area contributed by atoms with Crippen LogP contribution in [0, 0.1) is 0 Å². The maximum absolute atomic E-state index is 12.0. The van der Waals surface area contributed by atoms with E-state index < -0.39 is 0 Å². The molecule has 2 aromatic rings. The first-order chi connectivity index (χ1) is 14.2. The number of nitrogens with zero attached hydrogens (tertiary/aromatic N) is 3. The fourth-order valence-electron chi connectivity index (χ4n) is 3.97. The van der Waals surface area contributed by atoms with Crippen molar-refractivity contribution in [1.29, 1.82) is 0 Å². The van der Waals surface area contributed by atoms with E-state index in [2.05, 4.69) is 60.9 Å². The van der Waals surface area contributed by atoms with E-state index in [1.165, 1.54) is 16.5 Å². The van der Waals surface area contributed by atoms with Crippen molar-refractivity contribution in [2.24, 2.45) is 4.99 Å². The molecular weight excluding hydrogens is 364 g/mol. The fourth-order valence-corrected chi connectivity index (χ4v) is 3.97. The summed E-state index contributed by atoms with van der Waals surface area (Å²) in [5, 5.41) is 7.90. The lowest BCUT2D eigenvalue weighted by molar-refractivity contribution is -0.122. The molecule has 2 aliphatic rings. The van der Waals surface area contributed by atoms with Gasteiger partial charge in [0.15, 0.2) is 5.96 Å². The number of aryl methyl sites for hydroxylation is 1. The summed E-state index contributed by atoms with van der Waals surface area (Å²) in [4.78, 5) is 24.3. The van der Waals surface area contributed by atoms with E-state index in [9.17, 15) is 4.79 Å². The van der Waals surface area contributed by atoms with Crippen LogP contribution in [0.15, 0.2) is 35.5 Å². The molecular formula is C22H32N6O. The maximum Gasteiger partial charge on any atom is 0.234 e. The van der Waals surface area contributed by atoms with Crippen LogP contribution in [0.5, 0.6) is 0 Å². The van der Waals surface area contributed by atoms with Gasteiger partial charge in [0.2, 0.25) is 5.91 Å². The lowest BCUT2D eigenvalue weighted by atomic mass is 10.1. The Balaban J connectivity index is 1.17. The van der Waals surface area contributed by atoms with E-state index in [0.29, 0.717) is 12.6 Å². The summed E-state index contributed by atoms with van der Waals surface area (Å²) < 4.78 is 0. The van der Waals surface area contributed by atoms with Crippen LogP contribution in [0.3, 0.4) is 0 Å². The zero-order valence-electron chi connectivity index (χ0n) is 17.3. The first-order valence-corrected chi connectivity index (χ1v) is 10.8. The summed E-state index contributed by atoms with van der Waals surface area (Å²) in [6.45, 7) is 5.01. The highest BCUT2D eigenvalue weighted by atomic mass is 16.2. The average molecular weight is 397 g/mol. The van der Waals surface area contributed by atoms with E-state index in [-0.39, 0.29) is 5.91 Å². The third-order valence-corrected chi connectivity index (χ3v) is 5.77. The standard InChI is InChI=1S/C22H32N6O/c1-23-22(24-10-4-5-17-15-25-20-7-3-2-6-19(17)20)28-13-11-27(12-14-28)16-21(29)26-18-8-9-18/h2-3,6-7,15,18,25H,4-5,8-14,16H2,1H3,(H,23,24)(H,26,29). The number of carbonyl (C=O) groups is 1. The molecule has 1 aliphatic heterocycles. The Morgan fingerprint density at radius 3 is 2.76 bits per heavy atom. The molecule has 0 unspecified atom stereocenters. The quantitative estimate of drug-likeness (QED) is 0.377. The summed E-state index contributed by atoms with van der Waals surface area (Å²) in [7, 11) is 1.84. The van der Waals surface area contributed by atoms with Gasteiger partial charge in [0, 0.05) is 62.9 Å². The molecule has 1 amide bonds. The first kappa shape index (κ1) is 19.8. The number of guanidine groups is 1. The minimum atomic E-state index is 0.167. The van der Waals surface area contributed by atoms with E-state index in [1.54, 1.807) is 0 Å². The number of amides is 1. The molecule has 3 N–H and O–H groups in total. The summed E-state index contributed by atoms with van der Waals surface area (Å²) in [6, 6.07) is 8.89. The van der Waals surface area contributed by atoms with Crippen LogP contribution in [0.2, 0.25) is 0 Å². The number of benzene rings is 1. The molecule has 0 spiro atoms. The number of aromatic nitrogens is 1. The molecule has 29 heavy (non-hydrogen) atoms. The van der Waals surface area contributed by atoms with Crippen molar-refractivity contribution in [3.63, 3.8) is 0 Å². The van der Waals surface area contributed by atoms with Crippen LogP contribution in [0.25, 0.3) is 10.9 Å². The molecule has 2 fully saturated rings. The van der Waals surface area contributed by atoms with Gasteiger partial charge in [-0.3, -0.25) is 14.7 Å². The van der Waals surface area contributed by atoms with Gasteiger partial charge >= 0.3 is 0 Å². The van der Waals surface area contributed by atoms with Gasteiger partial charge in [0.05, 0.1) is 6.54 Å². The van der Waals surface area contributed by atoms with Gasteiger partial charge in [0.1, 0.15) is 0 Å². The van der Waals surface area contributed by atoms with Gasteiger partial charge < -0.3 is 20.5 Å². The molecule has 0 bridgehead atoms. The molecule has 0 atom stereocenters. The number of piperazine rings is 1. The minimum absolute atomic E-state index is 0.167. The molecule has 1 aromatic carbocycles. The third kappa shape index (κ3) is 5.29. The van der Waals surface area contributed by atoms with Crippen LogP contribution in [-0.2, 0) is 11.2 Å². The van der Waals surface area contributed by atoms with E-state index in [0.717, 1.165) is 64.4 Å². The van der Waals surface area contributed by atoms with Crippen LogP contribution < -0.4 is 10.6 Å². The molecule has 1 saturated heterocycles. The summed E-state index contributed by atoms with van der Waals surface area (Å²) in [6.07, 6.45) is 6.50. The number of aromatic amines is 1. The molecule has 7 nitrogen and oxygen atoms in total. The number of carbonyl (C=O) groups excluding carboxylic acids is 1. The molecule has 2 heterocycles. The van der Waals surface area contributed by atoms with Crippen molar-refractivity contribution in [1.82, 2.24) is 25.4 Å². The first-order valence-electron chi connectivity index (χ1n) is 10.8.